The van der Waals surface area contributed by atoms with Gasteiger partial charge in [0.2, 0.25) is 5.91 Å². The molecular weight excluding hydrogens is 330 g/mol. The highest BCUT2D eigenvalue weighted by Gasteiger charge is 2.15. The molecule has 0 aliphatic rings. The summed E-state index contributed by atoms with van der Waals surface area (Å²) in [4.78, 5) is 34.6. The van der Waals surface area contributed by atoms with Crippen LogP contribution in [-0.2, 0) is 18.4 Å². The Morgan fingerprint density at radius 3 is 2.84 bits per heavy atom. The number of rotatable bonds is 4. The van der Waals surface area contributed by atoms with Crippen LogP contribution in [0.2, 0.25) is 0 Å². The molecule has 1 N–H and O–H groups in total. The molecule has 0 saturated heterocycles. The zero-order valence-electron chi connectivity index (χ0n) is 13.3. The first kappa shape index (κ1) is 16.2. The van der Waals surface area contributed by atoms with Crippen LogP contribution in [0.1, 0.15) is 5.69 Å². The van der Waals surface area contributed by atoms with E-state index in [1.54, 1.807) is 14.0 Å². The molecule has 0 bridgehead atoms. The van der Waals surface area contributed by atoms with Gasteiger partial charge in [-0.1, -0.05) is 11.3 Å². The van der Waals surface area contributed by atoms with Crippen molar-refractivity contribution in [3.63, 3.8) is 0 Å². The highest BCUT2D eigenvalue weighted by Crippen LogP contribution is 2.17. The van der Waals surface area contributed by atoms with Gasteiger partial charge in [-0.2, -0.15) is 9.78 Å². The molecule has 0 fully saturated rings. The highest BCUT2D eigenvalue weighted by atomic mass is 16.6. The van der Waals surface area contributed by atoms with Gasteiger partial charge >= 0.3 is 0 Å². The van der Waals surface area contributed by atoms with Crippen molar-refractivity contribution >= 4 is 28.3 Å². The summed E-state index contributed by atoms with van der Waals surface area (Å²) in [5.74, 6) is -0.566. The van der Waals surface area contributed by atoms with Crippen LogP contribution in [0.15, 0.2) is 29.1 Å². The van der Waals surface area contributed by atoms with Crippen LogP contribution >= 0.6 is 0 Å². The lowest BCUT2D eigenvalue weighted by Crippen LogP contribution is -2.30. The Morgan fingerprint density at radius 2 is 2.12 bits per heavy atom. The first-order chi connectivity index (χ1) is 11.9. The molecule has 0 aliphatic heterocycles. The third-order valence-corrected chi connectivity index (χ3v) is 3.63. The predicted octanol–water partition coefficient (Wildman–Crippen LogP) is 0.380. The van der Waals surface area contributed by atoms with Crippen molar-refractivity contribution in [1.82, 2.24) is 24.8 Å². The summed E-state index contributed by atoms with van der Waals surface area (Å²) in [5.41, 5.74) is 0.742. The number of aromatic nitrogens is 5. The van der Waals surface area contributed by atoms with E-state index in [-0.39, 0.29) is 23.4 Å². The molecule has 2 heterocycles. The molecule has 0 spiro atoms. The lowest BCUT2D eigenvalue weighted by atomic mass is 10.3. The lowest BCUT2D eigenvalue weighted by molar-refractivity contribution is -0.384. The number of nitrogens with zero attached hydrogens (tertiary/aromatic N) is 6. The SMILES string of the molecule is Cc1c2nnn(CC(=O)Nc3cccc([N+](=O)[O-])c3)c(=O)c2nn1C. The minimum atomic E-state index is -0.567. The molecule has 0 atom stereocenters. The van der Waals surface area contributed by atoms with Gasteiger partial charge in [0, 0.05) is 24.9 Å². The van der Waals surface area contributed by atoms with E-state index in [1.807, 2.05) is 0 Å². The number of carbonyl (C=O) groups is 1. The monoisotopic (exact) mass is 343 g/mol. The summed E-state index contributed by atoms with van der Waals surface area (Å²) in [5, 5.41) is 25.0. The average Bonchev–Trinajstić information content (AvgIpc) is 2.86. The van der Waals surface area contributed by atoms with Gasteiger partial charge < -0.3 is 5.32 Å². The maximum Gasteiger partial charge on any atom is 0.298 e. The number of fused-ring (bicyclic) bond motifs is 1. The van der Waals surface area contributed by atoms with Crippen LogP contribution in [0, 0.1) is 17.0 Å². The third-order valence-electron chi connectivity index (χ3n) is 3.63. The molecule has 25 heavy (non-hydrogen) atoms. The summed E-state index contributed by atoms with van der Waals surface area (Å²) in [6.45, 7) is 1.36. The zero-order chi connectivity index (χ0) is 18.1. The van der Waals surface area contributed by atoms with Crippen LogP contribution in [0.5, 0.6) is 0 Å². The fraction of sp³-hybridized carbons (Fsp3) is 0.214. The van der Waals surface area contributed by atoms with Crippen molar-refractivity contribution in [2.24, 2.45) is 7.05 Å². The van der Waals surface area contributed by atoms with Crippen molar-refractivity contribution in [3.05, 3.63) is 50.4 Å². The Kier molecular flexibility index (Phi) is 3.97. The number of nitro groups is 1. The van der Waals surface area contributed by atoms with Gasteiger partial charge in [-0.25, -0.2) is 0 Å². The molecule has 2 aromatic heterocycles. The van der Waals surface area contributed by atoms with Gasteiger partial charge in [0.15, 0.2) is 5.52 Å². The van der Waals surface area contributed by atoms with E-state index in [0.29, 0.717) is 11.2 Å². The number of non-ortho nitro benzene ring substituents is 1. The van der Waals surface area contributed by atoms with Crippen molar-refractivity contribution < 1.29 is 9.72 Å². The summed E-state index contributed by atoms with van der Waals surface area (Å²) in [7, 11) is 1.68. The second-order valence-corrected chi connectivity index (χ2v) is 5.31. The number of anilines is 1. The number of carbonyl (C=O) groups excluding carboxylic acids is 1. The Balaban J connectivity index is 1.83. The van der Waals surface area contributed by atoms with Gasteiger partial charge in [-0.3, -0.25) is 24.4 Å². The van der Waals surface area contributed by atoms with E-state index in [4.69, 9.17) is 0 Å². The minimum absolute atomic E-state index is 0.123. The molecule has 3 aromatic rings. The van der Waals surface area contributed by atoms with Crippen molar-refractivity contribution in [3.8, 4) is 0 Å². The van der Waals surface area contributed by atoms with E-state index < -0.39 is 16.4 Å². The largest absolute Gasteiger partial charge is 0.324 e. The molecule has 0 saturated carbocycles. The number of amides is 1. The van der Waals surface area contributed by atoms with Crippen LogP contribution in [0.3, 0.4) is 0 Å². The fourth-order valence-electron chi connectivity index (χ4n) is 2.26. The molecule has 1 aromatic carbocycles. The Bertz CT molecular complexity index is 1050. The van der Waals surface area contributed by atoms with Crippen LogP contribution in [-0.4, -0.2) is 35.6 Å². The van der Waals surface area contributed by atoms with E-state index >= 15 is 0 Å². The van der Waals surface area contributed by atoms with E-state index in [9.17, 15) is 19.7 Å². The van der Waals surface area contributed by atoms with Crippen molar-refractivity contribution in [2.45, 2.75) is 13.5 Å². The normalized spacial score (nSPS) is 10.8. The predicted molar refractivity (Wildman–Crippen MR) is 87.0 cm³/mol. The Labute approximate surface area is 140 Å². The summed E-state index contributed by atoms with van der Waals surface area (Å²) < 4.78 is 2.40. The van der Waals surface area contributed by atoms with Gasteiger partial charge in [0.05, 0.1) is 10.6 Å². The molecule has 1 amide bonds. The topological polar surface area (TPSA) is 138 Å². The van der Waals surface area contributed by atoms with Crippen LogP contribution in [0.25, 0.3) is 11.0 Å². The van der Waals surface area contributed by atoms with Gasteiger partial charge in [-0.05, 0) is 13.0 Å². The number of hydrogen-bond donors (Lipinski definition) is 1. The molecular formula is C14H13N7O4. The third kappa shape index (κ3) is 3.06. The maximum atomic E-state index is 12.3. The fourth-order valence-corrected chi connectivity index (χ4v) is 2.26. The van der Waals surface area contributed by atoms with E-state index in [1.165, 1.54) is 28.9 Å². The van der Waals surface area contributed by atoms with E-state index in [0.717, 1.165) is 4.68 Å². The summed E-state index contributed by atoms with van der Waals surface area (Å²) >= 11 is 0. The number of nitrogens with one attached hydrogen (secondary N) is 1. The van der Waals surface area contributed by atoms with Crippen LogP contribution < -0.4 is 10.9 Å². The Hall–Kier alpha value is -3.63. The molecule has 0 radical (unpaired) electrons. The first-order valence-electron chi connectivity index (χ1n) is 7.18. The number of benzene rings is 1. The highest BCUT2D eigenvalue weighted by molar-refractivity contribution is 5.91. The van der Waals surface area contributed by atoms with Crippen molar-refractivity contribution in [1.29, 1.82) is 0 Å². The molecule has 128 valence electrons. The quantitative estimate of drug-likeness (QED) is 0.534. The lowest BCUT2D eigenvalue weighted by Gasteiger charge is -2.05. The minimum Gasteiger partial charge on any atom is -0.324 e. The number of hydrogen-bond acceptors (Lipinski definition) is 7. The van der Waals surface area contributed by atoms with Crippen molar-refractivity contribution in [2.75, 3.05) is 5.32 Å². The molecule has 0 unspecified atom stereocenters. The van der Waals surface area contributed by atoms with Gasteiger partial charge in [0.1, 0.15) is 12.1 Å². The van der Waals surface area contributed by atoms with Gasteiger partial charge in [0.25, 0.3) is 11.2 Å². The van der Waals surface area contributed by atoms with Crippen LogP contribution in [0.4, 0.5) is 11.4 Å². The smallest absolute Gasteiger partial charge is 0.298 e. The average molecular weight is 343 g/mol. The molecule has 0 aliphatic carbocycles. The van der Waals surface area contributed by atoms with Gasteiger partial charge in [-0.15, -0.1) is 5.10 Å². The molecule has 11 nitrogen and oxygen atoms in total. The zero-order valence-corrected chi connectivity index (χ0v) is 13.3. The van der Waals surface area contributed by atoms with E-state index in [2.05, 4.69) is 20.7 Å². The molecule has 11 heteroatoms. The second-order valence-electron chi connectivity index (χ2n) is 5.31. The summed E-state index contributed by atoms with van der Waals surface area (Å²) in [6, 6.07) is 5.48. The molecule has 3 rings (SSSR count). The number of nitro benzene ring substituents is 1. The first-order valence-corrected chi connectivity index (χ1v) is 7.18. The second kappa shape index (κ2) is 6.11. The standard InChI is InChI=1S/C14H13N7O4/c1-8-12-13(17-19(8)2)14(23)20(18-16-12)7-11(22)15-9-4-3-5-10(6-9)21(24)25/h3-6H,7H2,1-2H3,(H,15,22). The number of aryl methyl sites for hydroxylation is 2. The Morgan fingerprint density at radius 1 is 1.36 bits per heavy atom. The summed E-state index contributed by atoms with van der Waals surface area (Å²) in [6.07, 6.45) is 0. The maximum absolute atomic E-state index is 12.3.